The minimum Gasteiger partial charge on any atom is -0.341 e. The third kappa shape index (κ3) is 3.20. The van der Waals surface area contributed by atoms with Crippen LogP contribution in [0.2, 0.25) is 0 Å². The summed E-state index contributed by atoms with van der Waals surface area (Å²) in [5.74, 6) is -0.954. The summed E-state index contributed by atoms with van der Waals surface area (Å²) >= 11 is 0. The second-order valence-corrected chi connectivity index (χ2v) is 8.24. The first kappa shape index (κ1) is 18.6. The zero-order valence-corrected chi connectivity index (χ0v) is 15.8. The zero-order valence-electron chi connectivity index (χ0n) is 15.8. The van der Waals surface area contributed by atoms with Gasteiger partial charge in [0, 0.05) is 17.8 Å². The van der Waals surface area contributed by atoms with Crippen molar-refractivity contribution in [3.05, 3.63) is 60.8 Å². The summed E-state index contributed by atoms with van der Waals surface area (Å²) < 4.78 is 11.9. The van der Waals surface area contributed by atoms with Gasteiger partial charge in [-0.25, -0.2) is 0 Å². The molecule has 144 valence electrons. The average Bonchev–Trinajstić information content (AvgIpc) is 3.16. The number of carbonyl (C=O) groups excluding carboxylic acids is 1. The van der Waals surface area contributed by atoms with E-state index in [1.165, 1.54) is 0 Å². The summed E-state index contributed by atoms with van der Waals surface area (Å²) in [5, 5.41) is 11.1. The van der Waals surface area contributed by atoms with Gasteiger partial charge in [-0.2, -0.15) is 0 Å². The van der Waals surface area contributed by atoms with Gasteiger partial charge in [-0.15, -0.1) is 0 Å². The Balaban J connectivity index is 1.36. The molecular weight excluding hydrogens is 340 g/mol. The molecule has 0 amide bonds. The summed E-state index contributed by atoms with van der Waals surface area (Å²) in [6, 6.07) is 0. The molecule has 4 nitrogen and oxygen atoms in total. The second-order valence-electron chi connectivity index (χ2n) is 8.24. The molecule has 1 atom stereocenters. The predicted molar refractivity (Wildman–Crippen MR) is 104 cm³/mol. The Hall–Kier alpha value is -1.75. The van der Waals surface area contributed by atoms with Crippen molar-refractivity contribution < 1.29 is 19.4 Å². The lowest BCUT2D eigenvalue weighted by Crippen LogP contribution is -2.40. The van der Waals surface area contributed by atoms with Crippen LogP contribution in [-0.2, 0) is 14.3 Å². The van der Waals surface area contributed by atoms with E-state index in [4.69, 9.17) is 9.47 Å². The average molecular weight is 368 g/mol. The molecule has 3 aliphatic carbocycles. The Bertz CT molecular complexity index is 683. The van der Waals surface area contributed by atoms with Gasteiger partial charge in [-0.1, -0.05) is 55.2 Å². The van der Waals surface area contributed by atoms with Crippen molar-refractivity contribution in [2.24, 2.45) is 23.7 Å². The van der Waals surface area contributed by atoms with E-state index in [2.05, 4.69) is 30.9 Å². The number of rotatable bonds is 7. The van der Waals surface area contributed by atoms with Crippen molar-refractivity contribution in [1.82, 2.24) is 0 Å². The molecular formula is C23H28O4. The maximum Gasteiger partial charge on any atom is 0.314 e. The fourth-order valence-electron chi connectivity index (χ4n) is 4.73. The van der Waals surface area contributed by atoms with Crippen molar-refractivity contribution in [2.45, 2.75) is 44.2 Å². The first-order chi connectivity index (χ1) is 13.0. The van der Waals surface area contributed by atoms with Crippen LogP contribution in [0, 0.1) is 23.7 Å². The highest BCUT2D eigenvalue weighted by molar-refractivity contribution is 5.96. The number of epoxide rings is 1. The molecule has 0 aromatic carbocycles. The molecule has 0 spiro atoms. The van der Waals surface area contributed by atoms with Gasteiger partial charge in [-0.05, 0) is 44.1 Å². The van der Waals surface area contributed by atoms with Gasteiger partial charge in [-0.3, -0.25) is 4.79 Å². The van der Waals surface area contributed by atoms with Crippen molar-refractivity contribution in [2.75, 3.05) is 6.61 Å². The Kier molecular flexibility index (Phi) is 4.83. The maximum absolute atomic E-state index is 12.1. The van der Waals surface area contributed by atoms with Gasteiger partial charge in [0.1, 0.15) is 0 Å². The highest BCUT2D eigenvalue weighted by Gasteiger charge is 2.77. The zero-order chi connectivity index (χ0) is 19.1. The van der Waals surface area contributed by atoms with Crippen LogP contribution < -0.4 is 0 Å². The second kappa shape index (κ2) is 7.01. The van der Waals surface area contributed by atoms with E-state index < -0.39 is 11.6 Å². The first-order valence-corrected chi connectivity index (χ1v) is 9.92. The largest absolute Gasteiger partial charge is 0.341 e. The number of hydrogen-bond acceptors (Lipinski definition) is 4. The van der Waals surface area contributed by atoms with Crippen LogP contribution in [-0.4, -0.2) is 29.1 Å². The van der Waals surface area contributed by atoms with Gasteiger partial charge < -0.3 is 14.6 Å². The molecule has 0 aromatic heterocycles. The van der Waals surface area contributed by atoms with E-state index >= 15 is 0 Å². The number of ether oxygens (including phenoxy) is 2. The lowest BCUT2D eigenvalue weighted by atomic mass is 9.79. The molecule has 0 radical (unpaired) electrons. The van der Waals surface area contributed by atoms with Crippen LogP contribution in [0.15, 0.2) is 60.8 Å². The summed E-state index contributed by atoms with van der Waals surface area (Å²) in [5.41, 5.74) is -0.136. The molecule has 1 heterocycles. The summed E-state index contributed by atoms with van der Waals surface area (Å²) in [7, 11) is 0. The Morgan fingerprint density at radius 3 is 2.07 bits per heavy atom. The number of Topliss-reactive ketones (excluding diaryl/α,β-unsaturated/α-hetero) is 1. The quantitative estimate of drug-likeness (QED) is 0.421. The van der Waals surface area contributed by atoms with Crippen molar-refractivity contribution >= 4 is 5.78 Å². The SMILES string of the molecule is C=C(C)C(=O)C1CCC(COC2(O)OC2(C2C=CC=C2)C2C=CC=C2)CC1. The van der Waals surface area contributed by atoms with E-state index in [0.29, 0.717) is 18.1 Å². The minimum absolute atomic E-state index is 0.0103. The van der Waals surface area contributed by atoms with Crippen LogP contribution in [0.5, 0.6) is 0 Å². The maximum atomic E-state index is 12.1. The number of allylic oxidation sites excluding steroid dienone is 5. The van der Waals surface area contributed by atoms with Crippen LogP contribution in [0.1, 0.15) is 32.6 Å². The summed E-state index contributed by atoms with van der Waals surface area (Å²) in [6.45, 7) is 6.01. The normalized spacial score (nSPS) is 34.4. The van der Waals surface area contributed by atoms with Crippen molar-refractivity contribution in [3.8, 4) is 0 Å². The third-order valence-corrected chi connectivity index (χ3v) is 6.40. The highest BCUT2D eigenvalue weighted by Crippen LogP contribution is 2.59. The molecule has 1 N–H and O–H groups in total. The fourth-order valence-corrected chi connectivity index (χ4v) is 4.73. The molecule has 1 unspecified atom stereocenters. The Morgan fingerprint density at radius 2 is 1.59 bits per heavy atom. The summed E-state index contributed by atoms with van der Waals surface area (Å²) in [6.07, 6.45) is 19.7. The minimum atomic E-state index is -1.56. The fraction of sp³-hybridized carbons (Fsp3) is 0.522. The van der Waals surface area contributed by atoms with Gasteiger partial charge in [0.15, 0.2) is 11.4 Å². The smallest absolute Gasteiger partial charge is 0.314 e. The van der Waals surface area contributed by atoms with Crippen LogP contribution in [0.4, 0.5) is 0 Å². The van der Waals surface area contributed by atoms with E-state index in [0.717, 1.165) is 25.7 Å². The number of carbonyl (C=O) groups is 1. The van der Waals surface area contributed by atoms with Crippen molar-refractivity contribution in [1.29, 1.82) is 0 Å². The van der Waals surface area contributed by atoms with Gasteiger partial charge in [0.05, 0.1) is 6.61 Å². The van der Waals surface area contributed by atoms with Gasteiger partial charge in [0.25, 0.3) is 0 Å². The number of hydrogen-bond donors (Lipinski definition) is 1. The third-order valence-electron chi connectivity index (χ3n) is 6.40. The van der Waals surface area contributed by atoms with Gasteiger partial charge >= 0.3 is 5.97 Å². The molecule has 4 rings (SSSR count). The standard InChI is InChI=1S/C23H28O4/c1-16(2)21(24)18-13-11-17(12-14-18)15-26-23(25)22(27-23,19-7-3-4-8-19)20-9-5-6-10-20/h3-10,17-20,25H,1,11-15H2,2H3. The molecule has 27 heavy (non-hydrogen) atoms. The van der Waals surface area contributed by atoms with E-state index in [-0.39, 0.29) is 23.5 Å². The number of aliphatic hydroxyl groups is 1. The van der Waals surface area contributed by atoms with E-state index in [1.54, 1.807) is 6.92 Å². The van der Waals surface area contributed by atoms with Crippen LogP contribution >= 0.6 is 0 Å². The lowest BCUT2D eigenvalue weighted by Gasteiger charge is -2.29. The molecule has 1 saturated carbocycles. The predicted octanol–water partition coefficient (Wildman–Crippen LogP) is 3.85. The highest BCUT2D eigenvalue weighted by atomic mass is 16.9. The van der Waals surface area contributed by atoms with Gasteiger partial charge in [0.2, 0.25) is 0 Å². The molecule has 0 bridgehead atoms. The monoisotopic (exact) mass is 368 g/mol. The Labute approximate surface area is 160 Å². The molecule has 1 aliphatic heterocycles. The molecule has 2 fully saturated rings. The van der Waals surface area contributed by atoms with Crippen LogP contribution in [0.3, 0.4) is 0 Å². The number of ketones is 1. The molecule has 4 aliphatic rings. The molecule has 0 aromatic rings. The van der Waals surface area contributed by atoms with E-state index in [9.17, 15) is 9.90 Å². The molecule has 4 heteroatoms. The van der Waals surface area contributed by atoms with Crippen molar-refractivity contribution in [3.63, 3.8) is 0 Å². The first-order valence-electron chi connectivity index (χ1n) is 9.92. The lowest BCUT2D eigenvalue weighted by molar-refractivity contribution is -0.205. The molecule has 1 saturated heterocycles. The topological polar surface area (TPSA) is 59.1 Å². The van der Waals surface area contributed by atoms with Crippen LogP contribution in [0.25, 0.3) is 0 Å². The van der Waals surface area contributed by atoms with E-state index in [1.807, 2.05) is 24.3 Å². The summed E-state index contributed by atoms with van der Waals surface area (Å²) in [4.78, 5) is 12.1. The Morgan fingerprint density at radius 1 is 1.07 bits per heavy atom.